The molecule has 2 aliphatic heterocycles. The minimum atomic E-state index is -3.61. The van der Waals surface area contributed by atoms with Gasteiger partial charge in [0.15, 0.2) is 11.5 Å². The first kappa shape index (κ1) is 22.1. The smallest absolute Gasteiger partial charge is 0.251 e. The van der Waals surface area contributed by atoms with Crippen LogP contribution in [0.4, 0.5) is 0 Å². The van der Waals surface area contributed by atoms with E-state index in [-0.39, 0.29) is 37.2 Å². The van der Waals surface area contributed by atoms with E-state index >= 15 is 0 Å². The van der Waals surface area contributed by atoms with Gasteiger partial charge in [-0.25, -0.2) is 8.42 Å². The van der Waals surface area contributed by atoms with Gasteiger partial charge in [0.25, 0.3) is 5.91 Å². The predicted molar refractivity (Wildman–Crippen MR) is 116 cm³/mol. The summed E-state index contributed by atoms with van der Waals surface area (Å²) in [4.78, 5) is 26.9. The van der Waals surface area contributed by atoms with E-state index in [1.54, 1.807) is 47.4 Å². The standard InChI is InChI=1S/C22H25N3O6S/c1-16-3-6-18(7-4-16)32(28,29)25-10-2-9-24(11-12-25)21(26)14-23-22(27)17-5-8-19-20(13-17)31-15-30-19/h3-8,13H,2,9-12,14-15H2,1H3,(H,23,27). The Balaban J connectivity index is 1.32. The quantitative estimate of drug-likeness (QED) is 0.724. The van der Waals surface area contributed by atoms with Crippen LogP contribution in [-0.4, -0.2) is 69.0 Å². The maximum absolute atomic E-state index is 12.9. The van der Waals surface area contributed by atoms with Crippen molar-refractivity contribution in [1.82, 2.24) is 14.5 Å². The minimum Gasteiger partial charge on any atom is -0.454 e. The minimum absolute atomic E-state index is 0.116. The summed E-state index contributed by atoms with van der Waals surface area (Å²) in [6, 6.07) is 11.6. The van der Waals surface area contributed by atoms with Crippen LogP contribution in [-0.2, 0) is 14.8 Å². The second-order valence-electron chi connectivity index (χ2n) is 7.70. The zero-order valence-corrected chi connectivity index (χ0v) is 18.6. The second kappa shape index (κ2) is 9.17. The first-order chi connectivity index (χ1) is 15.3. The number of hydrogen-bond acceptors (Lipinski definition) is 6. The van der Waals surface area contributed by atoms with Crippen LogP contribution in [0.15, 0.2) is 47.4 Å². The molecule has 170 valence electrons. The van der Waals surface area contributed by atoms with Crippen LogP contribution in [0.2, 0.25) is 0 Å². The SMILES string of the molecule is Cc1ccc(S(=O)(=O)N2CCCN(C(=O)CNC(=O)c3ccc4c(c3)OCO4)CC2)cc1. The number of amides is 2. The van der Waals surface area contributed by atoms with Crippen molar-refractivity contribution >= 4 is 21.8 Å². The van der Waals surface area contributed by atoms with Gasteiger partial charge < -0.3 is 19.7 Å². The van der Waals surface area contributed by atoms with Crippen molar-refractivity contribution in [2.45, 2.75) is 18.2 Å². The van der Waals surface area contributed by atoms with Crippen molar-refractivity contribution in [2.24, 2.45) is 0 Å². The molecule has 0 spiro atoms. The number of ether oxygens (including phenoxy) is 2. The number of carbonyl (C=O) groups is 2. The first-order valence-corrected chi connectivity index (χ1v) is 11.8. The summed E-state index contributed by atoms with van der Waals surface area (Å²) < 4.78 is 37.8. The van der Waals surface area contributed by atoms with Crippen LogP contribution in [0, 0.1) is 6.92 Å². The average Bonchev–Trinajstić information content (AvgIpc) is 3.11. The third-order valence-corrected chi connectivity index (χ3v) is 7.41. The zero-order chi connectivity index (χ0) is 22.7. The Labute approximate surface area is 187 Å². The zero-order valence-electron chi connectivity index (χ0n) is 17.7. The number of nitrogens with zero attached hydrogens (tertiary/aromatic N) is 2. The molecule has 2 aliphatic rings. The molecule has 0 aromatic heterocycles. The van der Waals surface area contributed by atoms with E-state index in [0.717, 1.165) is 5.56 Å². The van der Waals surface area contributed by atoms with E-state index in [0.29, 0.717) is 36.6 Å². The van der Waals surface area contributed by atoms with E-state index in [1.165, 1.54) is 4.31 Å². The first-order valence-electron chi connectivity index (χ1n) is 10.4. The van der Waals surface area contributed by atoms with Crippen LogP contribution in [0.25, 0.3) is 0 Å². The van der Waals surface area contributed by atoms with E-state index in [1.807, 2.05) is 6.92 Å². The van der Waals surface area contributed by atoms with Crippen LogP contribution >= 0.6 is 0 Å². The number of carbonyl (C=O) groups excluding carboxylic acids is 2. The molecule has 2 aromatic carbocycles. The Bertz CT molecular complexity index is 1120. The Morgan fingerprint density at radius 3 is 2.50 bits per heavy atom. The highest BCUT2D eigenvalue weighted by molar-refractivity contribution is 7.89. The van der Waals surface area contributed by atoms with Crippen molar-refractivity contribution < 1.29 is 27.5 Å². The third-order valence-electron chi connectivity index (χ3n) is 5.50. The lowest BCUT2D eigenvalue weighted by Gasteiger charge is -2.22. The monoisotopic (exact) mass is 459 g/mol. The molecule has 0 radical (unpaired) electrons. The molecule has 10 heteroatoms. The molecule has 0 aliphatic carbocycles. The highest BCUT2D eigenvalue weighted by atomic mass is 32.2. The van der Waals surface area contributed by atoms with Crippen molar-refractivity contribution in [1.29, 1.82) is 0 Å². The maximum Gasteiger partial charge on any atom is 0.251 e. The number of rotatable bonds is 5. The Morgan fingerprint density at radius 1 is 0.969 bits per heavy atom. The molecule has 1 saturated heterocycles. The van der Waals surface area contributed by atoms with Crippen molar-refractivity contribution in [3.05, 3.63) is 53.6 Å². The number of fused-ring (bicyclic) bond motifs is 1. The van der Waals surface area contributed by atoms with Crippen LogP contribution in [0.1, 0.15) is 22.3 Å². The van der Waals surface area contributed by atoms with Gasteiger partial charge in [0.1, 0.15) is 0 Å². The molecule has 0 bridgehead atoms. The lowest BCUT2D eigenvalue weighted by Crippen LogP contribution is -2.42. The molecule has 2 heterocycles. The molecule has 32 heavy (non-hydrogen) atoms. The molecule has 1 N–H and O–H groups in total. The van der Waals surface area contributed by atoms with Gasteiger partial charge in [-0.1, -0.05) is 17.7 Å². The summed E-state index contributed by atoms with van der Waals surface area (Å²) in [7, 11) is -3.61. The van der Waals surface area contributed by atoms with Gasteiger partial charge in [0.2, 0.25) is 22.7 Å². The Kier molecular flexibility index (Phi) is 6.33. The van der Waals surface area contributed by atoms with Crippen molar-refractivity contribution in [3.63, 3.8) is 0 Å². The van der Waals surface area contributed by atoms with Crippen molar-refractivity contribution in [3.8, 4) is 11.5 Å². The van der Waals surface area contributed by atoms with E-state index in [9.17, 15) is 18.0 Å². The number of hydrogen-bond donors (Lipinski definition) is 1. The predicted octanol–water partition coefficient (Wildman–Crippen LogP) is 1.38. The fraction of sp³-hybridized carbons (Fsp3) is 0.364. The molecule has 0 saturated carbocycles. The largest absolute Gasteiger partial charge is 0.454 e. The highest BCUT2D eigenvalue weighted by Crippen LogP contribution is 2.32. The Morgan fingerprint density at radius 2 is 1.72 bits per heavy atom. The van der Waals surface area contributed by atoms with Crippen LogP contribution in [0.5, 0.6) is 11.5 Å². The second-order valence-corrected chi connectivity index (χ2v) is 9.64. The topological polar surface area (TPSA) is 105 Å². The molecular weight excluding hydrogens is 434 g/mol. The highest BCUT2D eigenvalue weighted by Gasteiger charge is 2.28. The normalized spacial score (nSPS) is 16.5. The third kappa shape index (κ3) is 4.71. The summed E-state index contributed by atoms with van der Waals surface area (Å²) >= 11 is 0. The van der Waals surface area contributed by atoms with Crippen molar-refractivity contribution in [2.75, 3.05) is 39.5 Å². The maximum atomic E-state index is 12.9. The van der Waals surface area contributed by atoms with Gasteiger partial charge in [-0.05, 0) is 43.7 Å². The van der Waals surface area contributed by atoms with Gasteiger partial charge in [-0.3, -0.25) is 9.59 Å². The van der Waals surface area contributed by atoms with E-state index < -0.39 is 15.9 Å². The fourth-order valence-electron chi connectivity index (χ4n) is 3.65. The molecule has 9 nitrogen and oxygen atoms in total. The van der Waals surface area contributed by atoms with E-state index in [2.05, 4.69) is 5.32 Å². The summed E-state index contributed by atoms with van der Waals surface area (Å²) in [6.07, 6.45) is 0.521. The van der Waals surface area contributed by atoms with Gasteiger partial charge >= 0.3 is 0 Å². The summed E-state index contributed by atoms with van der Waals surface area (Å²) in [6.45, 7) is 3.09. The van der Waals surface area contributed by atoms with Crippen LogP contribution < -0.4 is 14.8 Å². The fourth-order valence-corrected chi connectivity index (χ4v) is 5.12. The summed E-state index contributed by atoms with van der Waals surface area (Å²) in [5.41, 5.74) is 1.35. The molecule has 2 amide bonds. The summed E-state index contributed by atoms with van der Waals surface area (Å²) in [5, 5.41) is 2.62. The molecule has 2 aromatic rings. The number of nitrogens with one attached hydrogen (secondary N) is 1. The van der Waals surface area contributed by atoms with Gasteiger partial charge in [-0.2, -0.15) is 4.31 Å². The Hall–Kier alpha value is -3.11. The number of benzene rings is 2. The average molecular weight is 460 g/mol. The van der Waals surface area contributed by atoms with Crippen LogP contribution in [0.3, 0.4) is 0 Å². The molecule has 1 fully saturated rings. The summed E-state index contributed by atoms with van der Waals surface area (Å²) in [5.74, 6) is 0.419. The molecular formula is C22H25N3O6S. The molecule has 4 rings (SSSR count). The number of sulfonamides is 1. The van der Waals surface area contributed by atoms with Gasteiger partial charge in [-0.15, -0.1) is 0 Å². The molecule has 0 atom stereocenters. The molecule has 0 unspecified atom stereocenters. The van der Waals surface area contributed by atoms with Gasteiger partial charge in [0, 0.05) is 31.7 Å². The van der Waals surface area contributed by atoms with Gasteiger partial charge in [0.05, 0.1) is 11.4 Å². The lowest BCUT2D eigenvalue weighted by atomic mass is 10.2. The number of aryl methyl sites for hydroxylation is 1. The van der Waals surface area contributed by atoms with E-state index in [4.69, 9.17) is 9.47 Å². The lowest BCUT2D eigenvalue weighted by molar-refractivity contribution is -0.129.